The van der Waals surface area contributed by atoms with Crippen LogP contribution in [0.25, 0.3) is 0 Å². The average molecular weight is 313 g/mol. The third-order valence-corrected chi connectivity index (χ3v) is 4.31. The summed E-state index contributed by atoms with van der Waals surface area (Å²) < 4.78 is 10.9. The van der Waals surface area contributed by atoms with Crippen LogP contribution < -0.4 is 10.1 Å². The summed E-state index contributed by atoms with van der Waals surface area (Å²) in [5.74, 6) is 2.65. The maximum atomic E-state index is 12.3. The molecular weight excluding hydrogens is 294 g/mol. The zero-order valence-corrected chi connectivity index (χ0v) is 12.8. The summed E-state index contributed by atoms with van der Waals surface area (Å²) in [6.07, 6.45) is 3.59. The molecule has 0 saturated heterocycles. The maximum Gasteiger partial charge on any atom is 0.228 e. The molecule has 2 aliphatic rings. The van der Waals surface area contributed by atoms with E-state index >= 15 is 0 Å². The van der Waals surface area contributed by atoms with E-state index in [4.69, 9.17) is 9.26 Å². The third-order valence-electron chi connectivity index (χ3n) is 4.31. The van der Waals surface area contributed by atoms with Gasteiger partial charge in [-0.1, -0.05) is 23.4 Å². The molecule has 120 valence electrons. The Balaban J connectivity index is 1.27. The fraction of sp³-hybridized carbons (Fsp3) is 0.471. The molecule has 1 aromatic heterocycles. The Morgan fingerprint density at radius 1 is 1.30 bits per heavy atom. The van der Waals surface area contributed by atoms with Crippen molar-refractivity contribution < 1.29 is 14.1 Å². The summed E-state index contributed by atoms with van der Waals surface area (Å²) in [6.45, 7) is 0.929. The van der Waals surface area contributed by atoms with E-state index in [0.717, 1.165) is 30.0 Å². The highest BCUT2D eigenvalue weighted by atomic mass is 16.5. The van der Waals surface area contributed by atoms with Gasteiger partial charge in [-0.2, -0.15) is 4.98 Å². The second kappa shape index (κ2) is 6.02. The molecule has 0 spiro atoms. The maximum absolute atomic E-state index is 12.3. The number of benzene rings is 1. The lowest BCUT2D eigenvalue weighted by molar-refractivity contribution is -0.126. The van der Waals surface area contributed by atoms with Gasteiger partial charge in [0, 0.05) is 18.9 Å². The van der Waals surface area contributed by atoms with Gasteiger partial charge in [0.1, 0.15) is 12.4 Å². The second-order valence-electron chi connectivity index (χ2n) is 6.18. The van der Waals surface area contributed by atoms with Crippen molar-refractivity contribution in [1.82, 2.24) is 15.5 Å². The van der Waals surface area contributed by atoms with E-state index in [1.165, 1.54) is 0 Å². The molecular formula is C17H19N3O3. The molecule has 0 radical (unpaired) electrons. The monoisotopic (exact) mass is 313 g/mol. The first-order valence-electron chi connectivity index (χ1n) is 8.10. The first-order chi connectivity index (χ1) is 11.3. The van der Waals surface area contributed by atoms with Crippen LogP contribution in [-0.2, 0) is 17.6 Å². The number of rotatable bonds is 5. The Morgan fingerprint density at radius 2 is 2.17 bits per heavy atom. The van der Waals surface area contributed by atoms with Gasteiger partial charge in [0.2, 0.25) is 11.8 Å². The van der Waals surface area contributed by atoms with Gasteiger partial charge in [-0.3, -0.25) is 4.79 Å². The van der Waals surface area contributed by atoms with Gasteiger partial charge in [0.25, 0.3) is 0 Å². The quantitative estimate of drug-likeness (QED) is 0.911. The van der Waals surface area contributed by atoms with Crippen LogP contribution in [-0.4, -0.2) is 29.2 Å². The number of fused-ring (bicyclic) bond motifs is 1. The van der Waals surface area contributed by atoms with Crippen LogP contribution in [0.3, 0.4) is 0 Å². The zero-order chi connectivity index (χ0) is 15.6. The van der Waals surface area contributed by atoms with E-state index in [9.17, 15) is 4.79 Å². The molecule has 1 aromatic carbocycles. The average Bonchev–Trinajstić information content (AvgIpc) is 3.33. The van der Waals surface area contributed by atoms with E-state index in [2.05, 4.69) is 15.5 Å². The second-order valence-corrected chi connectivity index (χ2v) is 6.18. The number of nitrogens with zero attached hydrogens (tertiary/aromatic N) is 2. The molecule has 6 nitrogen and oxygen atoms in total. The molecule has 1 aliphatic heterocycles. The minimum Gasteiger partial charge on any atom is -0.492 e. The summed E-state index contributed by atoms with van der Waals surface area (Å²) in [4.78, 5) is 16.6. The predicted molar refractivity (Wildman–Crippen MR) is 82.1 cm³/mol. The summed E-state index contributed by atoms with van der Waals surface area (Å²) in [5.41, 5.74) is 1.09. The minimum atomic E-state index is -0.144. The molecule has 0 bridgehead atoms. The largest absolute Gasteiger partial charge is 0.492 e. The van der Waals surface area contributed by atoms with Gasteiger partial charge >= 0.3 is 0 Å². The molecule has 1 saturated carbocycles. The van der Waals surface area contributed by atoms with Gasteiger partial charge in [-0.15, -0.1) is 0 Å². The Hall–Kier alpha value is -2.37. The van der Waals surface area contributed by atoms with Crippen molar-refractivity contribution >= 4 is 5.91 Å². The van der Waals surface area contributed by atoms with Crippen molar-refractivity contribution in [3.63, 3.8) is 0 Å². The Bertz CT molecular complexity index is 709. The highest BCUT2D eigenvalue weighted by Gasteiger charge is 2.29. The van der Waals surface area contributed by atoms with E-state index in [-0.39, 0.29) is 11.8 Å². The molecule has 1 amide bonds. The lowest BCUT2D eigenvalue weighted by atomic mass is 9.96. The molecule has 23 heavy (non-hydrogen) atoms. The number of amides is 1. The van der Waals surface area contributed by atoms with Crippen LogP contribution in [0, 0.1) is 5.92 Å². The molecule has 4 rings (SSSR count). The van der Waals surface area contributed by atoms with Crippen molar-refractivity contribution in [2.75, 3.05) is 13.2 Å². The summed E-state index contributed by atoms with van der Waals surface area (Å²) in [7, 11) is 0. The summed E-state index contributed by atoms with van der Waals surface area (Å²) >= 11 is 0. The predicted octanol–water partition coefficient (Wildman–Crippen LogP) is 1.86. The minimum absolute atomic E-state index is 0.0152. The van der Waals surface area contributed by atoms with Crippen LogP contribution in [0.5, 0.6) is 5.75 Å². The lowest BCUT2D eigenvalue weighted by Gasteiger charge is -2.24. The SMILES string of the molecule is O=C(NCCc1nc(C2CC2)no1)C1COc2ccccc2C1. The highest BCUT2D eigenvalue weighted by Crippen LogP contribution is 2.38. The number of aromatic nitrogens is 2. The van der Waals surface area contributed by atoms with Gasteiger partial charge in [-0.25, -0.2) is 0 Å². The van der Waals surface area contributed by atoms with E-state index in [1.54, 1.807) is 0 Å². The van der Waals surface area contributed by atoms with Crippen molar-refractivity contribution in [2.24, 2.45) is 5.92 Å². The zero-order valence-electron chi connectivity index (χ0n) is 12.8. The molecule has 1 fully saturated rings. The van der Waals surface area contributed by atoms with Crippen molar-refractivity contribution in [1.29, 1.82) is 0 Å². The van der Waals surface area contributed by atoms with Crippen LogP contribution in [0.15, 0.2) is 28.8 Å². The smallest absolute Gasteiger partial charge is 0.228 e. The van der Waals surface area contributed by atoms with Crippen molar-refractivity contribution in [3.05, 3.63) is 41.5 Å². The molecule has 2 heterocycles. The molecule has 2 aromatic rings. The lowest BCUT2D eigenvalue weighted by Crippen LogP contribution is -2.38. The number of carbonyl (C=O) groups is 1. The van der Waals surface area contributed by atoms with Crippen molar-refractivity contribution in [2.45, 2.75) is 31.6 Å². The molecule has 1 atom stereocenters. The topological polar surface area (TPSA) is 77.3 Å². The fourth-order valence-electron chi connectivity index (χ4n) is 2.81. The van der Waals surface area contributed by atoms with Crippen LogP contribution in [0.4, 0.5) is 0 Å². The number of ether oxygens (including phenoxy) is 1. The van der Waals surface area contributed by atoms with E-state index < -0.39 is 0 Å². The Labute approximate surface area is 134 Å². The normalized spacial score (nSPS) is 19.7. The van der Waals surface area contributed by atoms with E-state index in [1.807, 2.05) is 24.3 Å². The number of hydrogen-bond acceptors (Lipinski definition) is 5. The third kappa shape index (κ3) is 3.21. The van der Waals surface area contributed by atoms with Gasteiger partial charge < -0.3 is 14.6 Å². The fourth-order valence-corrected chi connectivity index (χ4v) is 2.81. The first kappa shape index (κ1) is 14.2. The first-order valence-corrected chi connectivity index (χ1v) is 8.10. The molecule has 1 N–H and O–H groups in total. The van der Waals surface area contributed by atoms with Crippen molar-refractivity contribution in [3.8, 4) is 5.75 Å². The number of para-hydroxylation sites is 1. The van der Waals surface area contributed by atoms with Gasteiger partial charge in [0.15, 0.2) is 5.82 Å². The van der Waals surface area contributed by atoms with E-state index in [0.29, 0.717) is 37.8 Å². The number of hydrogen-bond donors (Lipinski definition) is 1. The van der Waals surface area contributed by atoms with Crippen LogP contribution >= 0.6 is 0 Å². The molecule has 6 heteroatoms. The highest BCUT2D eigenvalue weighted by molar-refractivity contribution is 5.79. The number of nitrogens with one attached hydrogen (secondary N) is 1. The summed E-state index contributed by atoms with van der Waals surface area (Å²) in [5, 5.41) is 6.91. The molecule has 1 aliphatic carbocycles. The van der Waals surface area contributed by atoms with Gasteiger partial charge in [0.05, 0.1) is 5.92 Å². The van der Waals surface area contributed by atoms with Crippen LogP contribution in [0.2, 0.25) is 0 Å². The Kier molecular flexibility index (Phi) is 3.73. The Morgan fingerprint density at radius 3 is 3.04 bits per heavy atom. The number of carbonyl (C=O) groups excluding carboxylic acids is 1. The molecule has 1 unspecified atom stereocenters. The van der Waals surface area contributed by atoms with Gasteiger partial charge in [-0.05, 0) is 30.9 Å². The standard InChI is InChI=1S/C17H19N3O3/c21-17(13-9-12-3-1-2-4-14(12)22-10-13)18-8-7-15-19-16(20-23-15)11-5-6-11/h1-4,11,13H,5-10H2,(H,18,21). The summed E-state index contributed by atoms with van der Waals surface area (Å²) in [6, 6.07) is 7.86. The van der Waals surface area contributed by atoms with Crippen LogP contribution in [0.1, 0.15) is 36.0 Å².